The molecule has 0 aliphatic carbocycles. The number of methoxy groups -OCH3 is 2. The summed E-state index contributed by atoms with van der Waals surface area (Å²) in [7, 11) is 4.72. The summed E-state index contributed by atoms with van der Waals surface area (Å²) in [5, 5.41) is 2.72. The van der Waals surface area contributed by atoms with Gasteiger partial charge in [-0.1, -0.05) is 6.92 Å². The van der Waals surface area contributed by atoms with E-state index in [0.717, 1.165) is 0 Å². The first-order valence-electron chi connectivity index (χ1n) is 11.8. The first-order chi connectivity index (χ1) is 17.2. The second-order valence-electron chi connectivity index (χ2n) is 8.98. The molecule has 1 aromatic carbocycles. The Balaban J connectivity index is 1.96. The Morgan fingerprint density at radius 3 is 2.53 bits per heavy atom. The Hall–Kier alpha value is -3.50. The number of aromatic nitrogens is 1. The van der Waals surface area contributed by atoms with Gasteiger partial charge in [-0.2, -0.15) is 0 Å². The Labute approximate surface area is 211 Å². The van der Waals surface area contributed by atoms with Crippen molar-refractivity contribution in [1.29, 1.82) is 0 Å². The van der Waals surface area contributed by atoms with Crippen molar-refractivity contribution in [3.05, 3.63) is 53.9 Å². The smallest absolute Gasteiger partial charge is 0.257 e. The molecule has 1 aliphatic heterocycles. The van der Waals surface area contributed by atoms with Gasteiger partial charge in [0.2, 0.25) is 5.91 Å². The third-order valence-electron chi connectivity index (χ3n) is 6.19. The van der Waals surface area contributed by atoms with Crippen LogP contribution in [0.5, 0.6) is 5.75 Å². The van der Waals surface area contributed by atoms with Gasteiger partial charge in [-0.15, -0.1) is 0 Å². The van der Waals surface area contributed by atoms with Gasteiger partial charge in [0.1, 0.15) is 19.0 Å². The largest absolute Gasteiger partial charge is 0.491 e. The van der Waals surface area contributed by atoms with Crippen LogP contribution in [0.3, 0.4) is 0 Å². The van der Waals surface area contributed by atoms with Gasteiger partial charge >= 0.3 is 0 Å². The number of fused-ring (bicyclic) bond motifs is 1. The lowest BCUT2D eigenvalue weighted by Gasteiger charge is -2.36. The van der Waals surface area contributed by atoms with E-state index in [2.05, 4.69) is 10.3 Å². The molecule has 3 rings (SSSR count). The van der Waals surface area contributed by atoms with Crippen molar-refractivity contribution in [2.24, 2.45) is 5.92 Å². The third kappa shape index (κ3) is 6.58. The summed E-state index contributed by atoms with van der Waals surface area (Å²) in [6.07, 6.45) is 2.87. The van der Waals surface area contributed by atoms with Crippen molar-refractivity contribution in [1.82, 2.24) is 14.8 Å². The molecule has 0 spiro atoms. The Morgan fingerprint density at radius 2 is 1.86 bits per heavy atom. The molecule has 2 heterocycles. The number of likely N-dealkylation sites (N-methyl/N-ethyl adjacent to an activating group) is 1. The molecule has 1 aliphatic rings. The van der Waals surface area contributed by atoms with E-state index >= 15 is 0 Å². The number of ether oxygens (including phenoxy) is 3. The van der Waals surface area contributed by atoms with Crippen LogP contribution in [-0.4, -0.2) is 92.2 Å². The lowest BCUT2D eigenvalue weighted by Crippen LogP contribution is -2.48. The Morgan fingerprint density at radius 1 is 1.14 bits per heavy atom. The van der Waals surface area contributed by atoms with Crippen molar-refractivity contribution in [3.63, 3.8) is 0 Å². The van der Waals surface area contributed by atoms with E-state index in [1.54, 1.807) is 66.7 Å². The van der Waals surface area contributed by atoms with Crippen molar-refractivity contribution >= 4 is 23.4 Å². The fourth-order valence-corrected chi connectivity index (χ4v) is 4.13. The summed E-state index contributed by atoms with van der Waals surface area (Å²) in [5.74, 6) is -0.438. The van der Waals surface area contributed by atoms with E-state index in [4.69, 9.17) is 14.2 Å². The molecular formula is C26H34N4O6. The number of carbonyl (C=O) groups is 3. The topological polar surface area (TPSA) is 110 Å². The molecule has 1 aromatic heterocycles. The first-order valence-corrected chi connectivity index (χ1v) is 11.8. The zero-order chi connectivity index (χ0) is 26.2. The number of nitrogens with one attached hydrogen (secondary N) is 1. The number of hydrogen-bond donors (Lipinski definition) is 1. The highest BCUT2D eigenvalue weighted by atomic mass is 16.5. The molecule has 2 aromatic rings. The average molecular weight is 499 g/mol. The Kier molecular flexibility index (Phi) is 9.38. The van der Waals surface area contributed by atoms with E-state index < -0.39 is 0 Å². The van der Waals surface area contributed by atoms with E-state index in [1.165, 1.54) is 7.11 Å². The van der Waals surface area contributed by atoms with Crippen LogP contribution in [0, 0.1) is 5.92 Å². The predicted molar refractivity (Wildman–Crippen MR) is 134 cm³/mol. The molecule has 3 amide bonds. The van der Waals surface area contributed by atoms with Gasteiger partial charge in [-0.3, -0.25) is 19.4 Å². The van der Waals surface area contributed by atoms with Gasteiger partial charge in [-0.25, -0.2) is 0 Å². The number of anilines is 1. The number of hydrogen-bond acceptors (Lipinski definition) is 7. The normalized spacial score (nSPS) is 21.0. The predicted octanol–water partition coefficient (Wildman–Crippen LogP) is 2.31. The number of benzene rings is 1. The fraction of sp³-hybridized carbons (Fsp3) is 0.462. The molecular weight excluding hydrogens is 464 g/mol. The third-order valence-corrected chi connectivity index (χ3v) is 6.19. The van der Waals surface area contributed by atoms with Gasteiger partial charge in [0, 0.05) is 63.9 Å². The number of pyridine rings is 1. The summed E-state index contributed by atoms with van der Waals surface area (Å²) in [6.45, 7) is 4.70. The van der Waals surface area contributed by atoms with Crippen LogP contribution in [0.2, 0.25) is 0 Å². The van der Waals surface area contributed by atoms with Crippen LogP contribution in [0.25, 0.3) is 0 Å². The molecule has 10 heteroatoms. The van der Waals surface area contributed by atoms with Crippen LogP contribution >= 0.6 is 0 Å². The monoisotopic (exact) mass is 498 g/mol. The maximum absolute atomic E-state index is 13.4. The molecule has 10 nitrogen and oxygen atoms in total. The Bertz CT molecular complexity index is 1060. The molecule has 3 atom stereocenters. The van der Waals surface area contributed by atoms with Crippen LogP contribution in [0.15, 0.2) is 42.7 Å². The molecule has 1 N–H and O–H groups in total. The van der Waals surface area contributed by atoms with Crippen LogP contribution < -0.4 is 10.1 Å². The first kappa shape index (κ1) is 27.1. The minimum Gasteiger partial charge on any atom is -0.491 e. The molecule has 0 unspecified atom stereocenters. The van der Waals surface area contributed by atoms with E-state index in [0.29, 0.717) is 35.7 Å². The van der Waals surface area contributed by atoms with Crippen molar-refractivity contribution < 1.29 is 28.6 Å². The second kappa shape index (κ2) is 12.5. The summed E-state index contributed by atoms with van der Waals surface area (Å²) in [6, 6.07) is 7.97. The molecule has 36 heavy (non-hydrogen) atoms. The molecule has 0 bridgehead atoms. The van der Waals surface area contributed by atoms with Gasteiger partial charge in [-0.05, 0) is 37.3 Å². The van der Waals surface area contributed by atoms with Crippen LogP contribution in [-0.2, 0) is 14.3 Å². The van der Waals surface area contributed by atoms with E-state index in [-0.39, 0.29) is 49.0 Å². The molecule has 0 saturated carbocycles. The number of amides is 3. The lowest BCUT2D eigenvalue weighted by atomic mass is 10.0. The minimum absolute atomic E-state index is 0.0722. The van der Waals surface area contributed by atoms with E-state index in [9.17, 15) is 14.4 Å². The second-order valence-corrected chi connectivity index (χ2v) is 8.98. The SMILES string of the molecule is COCC(=O)Nc1ccc2c(c1)C(=O)N(C)C[C@H](OC)[C@H](C)CN(C(=O)c1ccncc1)[C@H](C)CO2. The van der Waals surface area contributed by atoms with E-state index in [1.807, 2.05) is 13.8 Å². The molecule has 0 saturated heterocycles. The summed E-state index contributed by atoms with van der Waals surface area (Å²) in [4.78, 5) is 46.2. The van der Waals surface area contributed by atoms with Crippen LogP contribution in [0.4, 0.5) is 5.69 Å². The number of carbonyl (C=O) groups excluding carboxylic acids is 3. The fourth-order valence-electron chi connectivity index (χ4n) is 4.13. The number of nitrogens with zero attached hydrogens (tertiary/aromatic N) is 3. The van der Waals surface area contributed by atoms with Gasteiger partial charge in [0.05, 0.1) is 17.7 Å². The lowest BCUT2D eigenvalue weighted by molar-refractivity contribution is -0.119. The maximum Gasteiger partial charge on any atom is 0.257 e. The van der Waals surface area contributed by atoms with Gasteiger partial charge in [0.25, 0.3) is 11.8 Å². The maximum atomic E-state index is 13.4. The van der Waals surface area contributed by atoms with Gasteiger partial charge < -0.3 is 29.3 Å². The van der Waals surface area contributed by atoms with Crippen molar-refractivity contribution in [2.45, 2.75) is 26.0 Å². The standard InChI is InChI=1S/C26H34N4O6/c1-17-13-30(25(32)19-8-10-27-11-9-19)18(2)15-36-22-7-6-20(28-24(31)16-34-4)12-21(22)26(33)29(3)14-23(17)35-5/h6-12,17-18,23H,13-16H2,1-5H3,(H,28,31)/t17-,18-,23+/m1/s1. The zero-order valence-corrected chi connectivity index (χ0v) is 21.4. The summed E-state index contributed by atoms with van der Waals surface area (Å²) < 4.78 is 16.7. The highest BCUT2D eigenvalue weighted by Crippen LogP contribution is 2.27. The van der Waals surface area contributed by atoms with Crippen molar-refractivity contribution in [2.75, 3.05) is 52.9 Å². The minimum atomic E-state index is -0.334. The molecule has 0 fully saturated rings. The zero-order valence-electron chi connectivity index (χ0n) is 21.4. The number of rotatable bonds is 5. The highest BCUT2D eigenvalue weighted by molar-refractivity contribution is 5.99. The van der Waals surface area contributed by atoms with Crippen molar-refractivity contribution in [3.8, 4) is 5.75 Å². The molecule has 0 radical (unpaired) electrons. The van der Waals surface area contributed by atoms with Gasteiger partial charge in [0.15, 0.2) is 0 Å². The quantitative estimate of drug-likeness (QED) is 0.674. The highest BCUT2D eigenvalue weighted by Gasteiger charge is 2.31. The van der Waals surface area contributed by atoms with Crippen LogP contribution in [0.1, 0.15) is 34.6 Å². The summed E-state index contributed by atoms with van der Waals surface area (Å²) in [5.41, 5.74) is 1.29. The average Bonchev–Trinajstić information content (AvgIpc) is 2.88. The summed E-state index contributed by atoms with van der Waals surface area (Å²) >= 11 is 0. The molecule has 194 valence electrons.